The first-order valence-electron chi connectivity index (χ1n) is 40.2. The third-order valence-corrected chi connectivity index (χ3v) is 20.1. The molecule has 20 N–H and O–H groups in total. The Morgan fingerprint density at radius 3 is 1.38 bits per heavy atom. The van der Waals surface area contributed by atoms with Crippen LogP contribution >= 0.6 is 0 Å². The third kappa shape index (κ3) is 36.1. The largest absolute Gasteiger partial charge is 0.396 e. The van der Waals surface area contributed by atoms with Gasteiger partial charge in [-0.05, 0) is 70.6 Å². The van der Waals surface area contributed by atoms with Gasteiger partial charge in [-0.25, -0.2) is 16.0 Å². The Kier molecular flexibility index (Phi) is 49.7. The standard InChI is InChI=1S/C74H132N12O28/c1-50(89)83-42-62(114-104)108-36-16-12-22-54(92)76-30-19-33-79-57(95)26-39-105-47-72(86-60(98)25-11-9-7-5-4-6-8-10-15-29-82-61(99)45-112-75,48-106-40-27-58(96)80-34-20-31-77-55(93)23-13-17-37-109-69-63(84-51(2)90)65(101)64(100)53(43-87)44-111-69)49-107-41-28-59(97)81-35-21-32-78-56(94)24-14-18-38-110-71-74(85-52(3)91)67-66(102)68(103)73(67,46-88)70(74)113-71/h53,62-71,87-88,100-104H,4-49,75H2,1-3H3,(H,76,92)(H,77,93)(H,78,94)(H,79,95)(H,80,96)(H,81,97)(H,82,99)(H,83,89)(H,84,90)(H,85,91)(H,86,98)/t53?,62-,63?,64+,65?,66?,67?,68-,69-,70?,71-,72?,73?,74?/m1/s1. The molecule has 0 radical (unpaired) electrons. The SMILES string of the molecule is CC(=O)NC[C@@H](OO)OCCCCC(=O)NCCCNC(=O)CCOCC(COCCC(=O)NCCCNC(=O)CCCCO[C@@H]1OCC(CO)[C@H](O)C(O)C1NC(C)=O)(COCCC(=O)NCCCNC(=O)CCCCO[C@@H]1OC2C3(CO)C(C(O)[C@H]3O)C21NC(C)=O)NC(=O)CCCCCCCCCCCNC(=O)CON. The molecule has 4 aliphatic rings. The zero-order chi connectivity index (χ0) is 83.6. The number of fused-ring (bicyclic) bond motifs is 4. The Labute approximate surface area is 666 Å². The van der Waals surface area contributed by atoms with Crippen molar-refractivity contribution in [3.8, 4) is 0 Å². The fraction of sp³-hybridized carbons (Fsp3) is 0.851. The summed E-state index contributed by atoms with van der Waals surface area (Å²) >= 11 is 0. The number of unbranched alkanes of at least 4 members (excludes halogenated alkanes) is 11. The van der Waals surface area contributed by atoms with E-state index in [9.17, 15) is 83.4 Å². The Balaban J connectivity index is 1.26. The minimum atomic E-state index is -1.47. The number of carbonyl (C=O) groups excluding carboxylic acids is 11. The number of ether oxygens (including phenoxy) is 8. The maximum Gasteiger partial charge on any atom is 0.248 e. The topological polar surface area (TPSA) is 580 Å². The van der Waals surface area contributed by atoms with Gasteiger partial charge in [0.1, 0.15) is 35.9 Å². The molecule has 11 amide bonds. The van der Waals surface area contributed by atoms with Gasteiger partial charge in [-0.3, -0.25) is 57.6 Å². The van der Waals surface area contributed by atoms with Gasteiger partial charge in [0, 0.05) is 143 Å². The average molecular weight is 1640 g/mol. The van der Waals surface area contributed by atoms with Gasteiger partial charge >= 0.3 is 0 Å². The van der Waals surface area contributed by atoms with Crippen molar-refractivity contribution in [1.82, 2.24) is 58.5 Å². The van der Waals surface area contributed by atoms with E-state index in [4.69, 9.17) is 49.0 Å². The van der Waals surface area contributed by atoms with E-state index in [0.717, 1.165) is 51.4 Å². The lowest BCUT2D eigenvalue weighted by Gasteiger charge is -2.82. The second-order valence-electron chi connectivity index (χ2n) is 29.4. The van der Waals surface area contributed by atoms with Crippen LogP contribution in [0.15, 0.2) is 0 Å². The highest BCUT2D eigenvalue weighted by atomic mass is 17.1. The Bertz CT molecular complexity index is 2870. The van der Waals surface area contributed by atoms with Gasteiger partial charge in [-0.1, -0.05) is 44.9 Å². The van der Waals surface area contributed by atoms with Crippen LogP contribution in [-0.4, -0.2) is 306 Å². The molecule has 40 heteroatoms. The first-order valence-corrected chi connectivity index (χ1v) is 40.2. The van der Waals surface area contributed by atoms with E-state index in [0.29, 0.717) is 70.8 Å². The van der Waals surface area contributed by atoms with Crippen molar-refractivity contribution < 1.29 is 136 Å². The molecule has 9 unspecified atom stereocenters. The normalized spacial score (nSPS) is 23.4. The predicted octanol–water partition coefficient (Wildman–Crippen LogP) is -3.52. The van der Waals surface area contributed by atoms with Crippen molar-refractivity contribution in [2.75, 3.05) is 138 Å². The van der Waals surface area contributed by atoms with E-state index >= 15 is 0 Å². The summed E-state index contributed by atoms with van der Waals surface area (Å²) in [7, 11) is 0. The minimum Gasteiger partial charge on any atom is -0.396 e. The van der Waals surface area contributed by atoms with Gasteiger partial charge in [-0.15, -0.1) is 0 Å². The second-order valence-corrected chi connectivity index (χ2v) is 29.4. The van der Waals surface area contributed by atoms with Crippen LogP contribution in [0.25, 0.3) is 0 Å². The van der Waals surface area contributed by atoms with Crippen LogP contribution in [0.1, 0.15) is 181 Å². The Morgan fingerprint density at radius 2 is 0.921 bits per heavy atom. The predicted molar refractivity (Wildman–Crippen MR) is 404 cm³/mol. The number of hydrogen-bond donors (Lipinski definition) is 19. The number of amides is 11. The molecule has 2 saturated heterocycles. The summed E-state index contributed by atoms with van der Waals surface area (Å²) < 4.78 is 46.9. The summed E-state index contributed by atoms with van der Waals surface area (Å²) in [4.78, 5) is 146. The van der Waals surface area contributed by atoms with Gasteiger partial charge in [0.25, 0.3) is 0 Å². The number of nitrogens with one attached hydrogen (secondary N) is 11. The summed E-state index contributed by atoms with van der Waals surface area (Å²) in [6.45, 7) is 4.15. The highest BCUT2D eigenvalue weighted by Crippen LogP contribution is 2.72. The fourth-order valence-corrected chi connectivity index (χ4v) is 14.0. The van der Waals surface area contributed by atoms with Crippen molar-refractivity contribution >= 4 is 65.0 Å². The molecule has 0 aromatic carbocycles. The summed E-state index contributed by atoms with van der Waals surface area (Å²) in [5, 5.41) is 101. The molecule has 2 aliphatic heterocycles. The molecular formula is C74H132N12O28. The van der Waals surface area contributed by atoms with Crippen LogP contribution in [0.2, 0.25) is 0 Å². The summed E-state index contributed by atoms with van der Waals surface area (Å²) in [5.74, 6) is -0.00429. The molecule has 114 heavy (non-hydrogen) atoms. The molecule has 2 heterocycles. The molecule has 4 rings (SSSR count). The minimum absolute atomic E-state index is 0.0460. The maximum atomic E-state index is 14.0. The van der Waals surface area contributed by atoms with Crippen LogP contribution < -0.4 is 64.4 Å². The van der Waals surface area contributed by atoms with E-state index in [2.05, 4.69) is 68.2 Å². The molecule has 4 fully saturated rings. The molecular weight excluding hydrogens is 1500 g/mol. The second kappa shape index (κ2) is 56.7. The number of aliphatic hydroxyl groups excluding tert-OH is 6. The maximum absolute atomic E-state index is 14.0. The highest BCUT2D eigenvalue weighted by molar-refractivity contribution is 5.80. The highest BCUT2D eigenvalue weighted by Gasteiger charge is 2.91. The van der Waals surface area contributed by atoms with Crippen molar-refractivity contribution in [2.24, 2.45) is 23.1 Å². The average Bonchev–Trinajstić information content (AvgIpc) is 0.640. The van der Waals surface area contributed by atoms with Crippen molar-refractivity contribution in [1.29, 1.82) is 0 Å². The molecule has 0 aromatic rings. The summed E-state index contributed by atoms with van der Waals surface area (Å²) in [6, 6.07) is -1.10. The molecule has 2 saturated carbocycles. The quantitative estimate of drug-likeness (QED) is 0.0121. The molecule has 0 bridgehead atoms. The van der Waals surface area contributed by atoms with Gasteiger partial charge < -0.3 is 127 Å². The van der Waals surface area contributed by atoms with E-state index < -0.39 is 103 Å². The first-order chi connectivity index (χ1) is 54.8. The van der Waals surface area contributed by atoms with Gasteiger partial charge in [0.15, 0.2) is 12.6 Å². The number of carbonyl (C=O) groups is 11. The lowest BCUT2D eigenvalue weighted by molar-refractivity contribution is -0.496. The number of rotatable bonds is 67. The lowest BCUT2D eigenvalue weighted by atomic mass is 9.32. The summed E-state index contributed by atoms with van der Waals surface area (Å²) in [5.41, 5.74) is -3.56. The molecule has 0 aromatic heterocycles. The molecule has 14 atom stereocenters. The lowest BCUT2D eigenvalue weighted by Crippen LogP contribution is -3.01. The van der Waals surface area contributed by atoms with Crippen LogP contribution in [-0.2, 0) is 100 Å². The zero-order valence-corrected chi connectivity index (χ0v) is 66.7. The Hall–Kier alpha value is -6.55. The van der Waals surface area contributed by atoms with E-state index in [1.54, 1.807) is 0 Å². The van der Waals surface area contributed by atoms with Crippen molar-refractivity contribution in [3.05, 3.63) is 0 Å². The van der Waals surface area contributed by atoms with Crippen LogP contribution in [0, 0.1) is 17.3 Å². The number of aliphatic hydroxyl groups is 6. The van der Waals surface area contributed by atoms with Crippen LogP contribution in [0.3, 0.4) is 0 Å². The number of nitrogens with two attached hydrogens (primary N) is 1. The zero-order valence-electron chi connectivity index (χ0n) is 66.7. The van der Waals surface area contributed by atoms with Gasteiger partial charge in [-0.2, -0.15) is 0 Å². The first kappa shape index (κ1) is 99.8. The van der Waals surface area contributed by atoms with Crippen LogP contribution in [0.4, 0.5) is 0 Å². The molecule has 40 nitrogen and oxygen atoms in total. The van der Waals surface area contributed by atoms with Crippen molar-refractivity contribution in [2.45, 2.75) is 248 Å². The Morgan fingerprint density at radius 1 is 0.482 bits per heavy atom. The van der Waals surface area contributed by atoms with E-state index in [1.165, 1.54) is 20.8 Å². The fourth-order valence-electron chi connectivity index (χ4n) is 14.0. The van der Waals surface area contributed by atoms with E-state index in [-0.39, 0.29) is 223 Å². The molecule has 0 spiro atoms. The van der Waals surface area contributed by atoms with Crippen LogP contribution in [0.5, 0.6) is 0 Å². The van der Waals surface area contributed by atoms with Gasteiger partial charge in [0.05, 0.1) is 89.7 Å². The van der Waals surface area contributed by atoms with E-state index in [1.807, 2.05) is 0 Å². The molecule has 656 valence electrons. The van der Waals surface area contributed by atoms with Gasteiger partial charge in [0.2, 0.25) is 71.3 Å². The smallest absolute Gasteiger partial charge is 0.248 e. The molecule has 2 aliphatic carbocycles. The number of hydrogen-bond acceptors (Lipinski definition) is 29. The monoisotopic (exact) mass is 1640 g/mol. The van der Waals surface area contributed by atoms with Crippen molar-refractivity contribution in [3.63, 3.8) is 0 Å². The third-order valence-electron chi connectivity index (χ3n) is 20.1. The summed E-state index contributed by atoms with van der Waals surface area (Å²) in [6.07, 6.45) is 3.38.